The molecule has 0 amide bonds. The summed E-state index contributed by atoms with van der Waals surface area (Å²) >= 11 is 0. The van der Waals surface area contributed by atoms with Crippen molar-refractivity contribution in [3.63, 3.8) is 0 Å². The Morgan fingerprint density at radius 2 is 1.79 bits per heavy atom. The Kier molecular flexibility index (Phi) is 5.64. The van der Waals surface area contributed by atoms with Crippen molar-refractivity contribution in [2.45, 2.75) is 31.3 Å². The van der Waals surface area contributed by atoms with Gasteiger partial charge in [0.05, 0.1) is 12.0 Å². The zero-order valence-electron chi connectivity index (χ0n) is 14.5. The van der Waals surface area contributed by atoms with Crippen LogP contribution < -0.4 is 9.88 Å². The van der Waals surface area contributed by atoms with Crippen molar-refractivity contribution >= 4 is 10.0 Å². The van der Waals surface area contributed by atoms with Gasteiger partial charge in [0, 0.05) is 12.6 Å². The Morgan fingerprint density at radius 3 is 2.33 bits per heavy atom. The van der Waals surface area contributed by atoms with Gasteiger partial charge in [-0.3, -0.25) is 4.90 Å². The Balaban J connectivity index is 2.13. The summed E-state index contributed by atoms with van der Waals surface area (Å²) in [5, 5.41) is 5.13. The van der Waals surface area contributed by atoms with E-state index in [2.05, 4.69) is 17.9 Å². The monoisotopic (exact) mass is 348 g/mol. The Labute approximate surface area is 144 Å². The van der Waals surface area contributed by atoms with Gasteiger partial charge in [-0.25, -0.2) is 13.6 Å². The fraction of sp³-hybridized carbons (Fsp3) is 0.333. The minimum Gasteiger partial charge on any atom is -0.496 e. The summed E-state index contributed by atoms with van der Waals surface area (Å²) in [6, 6.07) is 13.0. The Morgan fingerprint density at radius 1 is 1.17 bits per heavy atom. The SMILES string of the molecule is COc1cc(CN(C)[C@@H](C)c2ccc(S(N)(=O)=O)cc2)ccc1C. The molecule has 6 heteroatoms. The van der Waals surface area contributed by atoms with Crippen molar-refractivity contribution in [2.24, 2.45) is 5.14 Å². The third kappa shape index (κ3) is 4.35. The van der Waals surface area contributed by atoms with E-state index >= 15 is 0 Å². The van der Waals surface area contributed by atoms with Crippen molar-refractivity contribution in [1.82, 2.24) is 4.90 Å². The Bertz CT molecular complexity index is 802. The molecule has 0 aliphatic rings. The van der Waals surface area contributed by atoms with Crippen LogP contribution in [0.3, 0.4) is 0 Å². The van der Waals surface area contributed by atoms with Crippen LogP contribution in [0.25, 0.3) is 0 Å². The van der Waals surface area contributed by atoms with Crippen LogP contribution in [0, 0.1) is 6.92 Å². The maximum Gasteiger partial charge on any atom is 0.238 e. The number of sulfonamides is 1. The summed E-state index contributed by atoms with van der Waals surface area (Å²) in [5.41, 5.74) is 3.30. The number of primary sulfonamides is 1. The quantitative estimate of drug-likeness (QED) is 0.871. The molecule has 0 unspecified atom stereocenters. The third-order valence-electron chi connectivity index (χ3n) is 4.26. The number of hydrogen-bond donors (Lipinski definition) is 1. The highest BCUT2D eigenvalue weighted by atomic mass is 32.2. The van der Waals surface area contributed by atoms with E-state index in [4.69, 9.17) is 9.88 Å². The van der Waals surface area contributed by atoms with E-state index in [1.807, 2.05) is 26.1 Å². The molecule has 2 aromatic rings. The highest BCUT2D eigenvalue weighted by molar-refractivity contribution is 7.89. The van der Waals surface area contributed by atoms with E-state index < -0.39 is 10.0 Å². The fourth-order valence-electron chi connectivity index (χ4n) is 2.58. The summed E-state index contributed by atoms with van der Waals surface area (Å²) in [7, 11) is 0.0511. The van der Waals surface area contributed by atoms with Crippen LogP contribution in [0.15, 0.2) is 47.4 Å². The van der Waals surface area contributed by atoms with E-state index in [1.165, 1.54) is 0 Å². The number of ether oxygens (including phenoxy) is 1. The smallest absolute Gasteiger partial charge is 0.238 e. The van der Waals surface area contributed by atoms with Crippen LogP contribution in [0.2, 0.25) is 0 Å². The van der Waals surface area contributed by atoms with Crippen LogP contribution in [-0.2, 0) is 16.6 Å². The maximum absolute atomic E-state index is 11.3. The first-order chi connectivity index (χ1) is 11.2. The lowest BCUT2D eigenvalue weighted by molar-refractivity contribution is 0.252. The molecule has 0 bridgehead atoms. The zero-order valence-corrected chi connectivity index (χ0v) is 15.3. The van der Waals surface area contributed by atoms with Crippen molar-refractivity contribution in [1.29, 1.82) is 0 Å². The van der Waals surface area contributed by atoms with Crippen molar-refractivity contribution in [2.75, 3.05) is 14.2 Å². The molecule has 0 saturated heterocycles. The molecular weight excluding hydrogens is 324 g/mol. The third-order valence-corrected chi connectivity index (χ3v) is 5.19. The first kappa shape index (κ1) is 18.4. The van der Waals surface area contributed by atoms with E-state index in [0.717, 1.165) is 29.0 Å². The number of benzene rings is 2. The molecule has 0 heterocycles. The van der Waals surface area contributed by atoms with Gasteiger partial charge >= 0.3 is 0 Å². The number of aryl methyl sites for hydroxylation is 1. The second-order valence-corrected chi connectivity index (χ2v) is 7.57. The van der Waals surface area contributed by atoms with E-state index in [9.17, 15) is 8.42 Å². The van der Waals surface area contributed by atoms with Crippen molar-refractivity contribution in [3.05, 3.63) is 59.2 Å². The molecule has 2 rings (SSSR count). The maximum atomic E-state index is 11.3. The molecule has 130 valence electrons. The topological polar surface area (TPSA) is 72.6 Å². The normalized spacial score (nSPS) is 13.1. The summed E-state index contributed by atoms with van der Waals surface area (Å²) in [4.78, 5) is 2.32. The first-order valence-corrected chi connectivity index (χ1v) is 9.23. The number of hydrogen-bond acceptors (Lipinski definition) is 4. The number of nitrogens with zero attached hydrogens (tertiary/aromatic N) is 1. The van der Waals surface area contributed by atoms with Crippen molar-refractivity contribution in [3.8, 4) is 5.75 Å². The van der Waals surface area contributed by atoms with E-state index in [-0.39, 0.29) is 10.9 Å². The molecule has 0 fully saturated rings. The second-order valence-electron chi connectivity index (χ2n) is 6.01. The molecule has 0 saturated carbocycles. The average Bonchev–Trinajstić information content (AvgIpc) is 2.55. The number of methoxy groups -OCH3 is 1. The fourth-order valence-corrected chi connectivity index (χ4v) is 3.09. The molecule has 2 N–H and O–H groups in total. The van der Waals surface area contributed by atoms with Gasteiger partial charge in [0.1, 0.15) is 5.75 Å². The average molecular weight is 348 g/mol. The van der Waals surface area contributed by atoms with Gasteiger partial charge in [0.25, 0.3) is 0 Å². The Hall–Kier alpha value is -1.89. The van der Waals surface area contributed by atoms with Crippen LogP contribution in [0.1, 0.15) is 29.7 Å². The van der Waals surface area contributed by atoms with Gasteiger partial charge in [-0.15, -0.1) is 0 Å². The molecule has 0 aromatic heterocycles. The lowest BCUT2D eigenvalue weighted by Gasteiger charge is -2.25. The van der Waals surface area contributed by atoms with Gasteiger partial charge < -0.3 is 4.74 Å². The molecule has 0 radical (unpaired) electrons. The van der Waals surface area contributed by atoms with Gasteiger partial charge in [-0.1, -0.05) is 24.3 Å². The van der Waals surface area contributed by atoms with Crippen LogP contribution in [0.5, 0.6) is 5.75 Å². The summed E-state index contributed by atoms with van der Waals surface area (Å²) in [5.74, 6) is 0.881. The second kappa shape index (κ2) is 7.34. The van der Waals surface area contributed by atoms with Crippen molar-refractivity contribution < 1.29 is 13.2 Å². The van der Waals surface area contributed by atoms with Gasteiger partial charge in [-0.2, -0.15) is 0 Å². The summed E-state index contributed by atoms with van der Waals surface area (Å²) in [6.45, 7) is 4.86. The van der Waals surface area contributed by atoms with Gasteiger partial charge in [0.2, 0.25) is 10.0 Å². The summed E-state index contributed by atoms with van der Waals surface area (Å²) in [6.07, 6.45) is 0. The first-order valence-electron chi connectivity index (χ1n) is 7.69. The largest absolute Gasteiger partial charge is 0.496 e. The highest BCUT2D eigenvalue weighted by Gasteiger charge is 2.14. The molecule has 24 heavy (non-hydrogen) atoms. The predicted molar refractivity (Wildman–Crippen MR) is 95.4 cm³/mol. The predicted octanol–water partition coefficient (Wildman–Crippen LogP) is 2.84. The lowest BCUT2D eigenvalue weighted by atomic mass is 10.1. The highest BCUT2D eigenvalue weighted by Crippen LogP contribution is 2.24. The van der Waals surface area contributed by atoms with Crippen LogP contribution in [0.4, 0.5) is 0 Å². The molecule has 5 nitrogen and oxygen atoms in total. The van der Waals surface area contributed by atoms with E-state index in [1.54, 1.807) is 31.4 Å². The molecule has 0 aliphatic heterocycles. The zero-order chi connectivity index (χ0) is 17.9. The molecule has 0 spiro atoms. The molecule has 0 aliphatic carbocycles. The molecular formula is C18H24N2O3S. The van der Waals surface area contributed by atoms with Crippen LogP contribution in [-0.4, -0.2) is 27.5 Å². The van der Waals surface area contributed by atoms with E-state index in [0.29, 0.717) is 0 Å². The number of rotatable bonds is 6. The lowest BCUT2D eigenvalue weighted by Crippen LogP contribution is -2.22. The minimum atomic E-state index is -3.65. The minimum absolute atomic E-state index is 0.129. The summed E-state index contributed by atoms with van der Waals surface area (Å²) < 4.78 is 28.0. The van der Waals surface area contributed by atoms with Gasteiger partial charge in [0.15, 0.2) is 0 Å². The standard InChI is InChI=1S/C18H24N2O3S/c1-13-5-6-15(11-18(13)23-4)12-20(3)14(2)16-7-9-17(10-8-16)24(19,21)22/h5-11,14H,12H2,1-4H3,(H2,19,21,22)/t14-/m0/s1. The molecule has 2 aromatic carbocycles. The van der Waals surface area contributed by atoms with Gasteiger partial charge in [-0.05, 0) is 55.8 Å². The number of nitrogens with two attached hydrogens (primary N) is 1. The molecule has 1 atom stereocenters. The van der Waals surface area contributed by atoms with Crippen LogP contribution >= 0.6 is 0 Å².